The SMILES string of the molecule is CCCNCC1CCC2NC(c3ccc(F)cc3)=C(C3=CC4CC4C(=NC4CCC4)N3)N12. The summed E-state index contributed by atoms with van der Waals surface area (Å²) in [5.41, 5.74) is 4.61. The van der Waals surface area contributed by atoms with Crippen LogP contribution in [0.3, 0.4) is 0 Å². The zero-order chi connectivity index (χ0) is 21.7. The van der Waals surface area contributed by atoms with Gasteiger partial charge in [0.25, 0.3) is 0 Å². The van der Waals surface area contributed by atoms with Crippen LogP contribution in [0.1, 0.15) is 57.4 Å². The van der Waals surface area contributed by atoms with Crippen LogP contribution in [0.5, 0.6) is 0 Å². The topological polar surface area (TPSA) is 51.7 Å². The van der Waals surface area contributed by atoms with Crippen molar-refractivity contribution in [2.45, 2.75) is 70.1 Å². The molecule has 3 N–H and O–H groups in total. The quantitative estimate of drug-likeness (QED) is 0.568. The Labute approximate surface area is 190 Å². The fraction of sp³-hybridized carbons (Fsp3) is 0.577. The lowest BCUT2D eigenvalue weighted by Crippen LogP contribution is -2.43. The number of fused-ring (bicyclic) bond motifs is 2. The molecule has 6 heteroatoms. The minimum absolute atomic E-state index is 0.193. The predicted octanol–water partition coefficient (Wildman–Crippen LogP) is 3.96. The van der Waals surface area contributed by atoms with Gasteiger partial charge in [0.2, 0.25) is 0 Å². The lowest BCUT2D eigenvalue weighted by molar-refractivity contribution is 0.257. The van der Waals surface area contributed by atoms with Crippen molar-refractivity contribution < 1.29 is 4.39 Å². The molecule has 5 aliphatic rings. The molecule has 1 aromatic rings. The van der Waals surface area contributed by atoms with Crippen molar-refractivity contribution in [3.05, 3.63) is 53.1 Å². The number of benzene rings is 1. The van der Waals surface area contributed by atoms with Crippen LogP contribution in [0.25, 0.3) is 5.70 Å². The summed E-state index contributed by atoms with van der Waals surface area (Å²) < 4.78 is 13.7. The number of rotatable bonds is 7. The smallest absolute Gasteiger partial charge is 0.123 e. The molecule has 1 aromatic carbocycles. The van der Waals surface area contributed by atoms with Gasteiger partial charge in [0.05, 0.1) is 29.3 Å². The maximum Gasteiger partial charge on any atom is 0.123 e. The molecule has 5 nitrogen and oxygen atoms in total. The van der Waals surface area contributed by atoms with Crippen molar-refractivity contribution in [2.75, 3.05) is 13.1 Å². The van der Waals surface area contributed by atoms with E-state index in [4.69, 9.17) is 4.99 Å². The van der Waals surface area contributed by atoms with Crippen LogP contribution in [-0.2, 0) is 0 Å². The highest BCUT2D eigenvalue weighted by atomic mass is 19.1. The van der Waals surface area contributed by atoms with Crippen molar-refractivity contribution in [2.24, 2.45) is 16.8 Å². The summed E-state index contributed by atoms with van der Waals surface area (Å²) in [5.74, 6) is 2.19. The molecule has 2 saturated carbocycles. The minimum Gasteiger partial charge on any atom is -0.363 e. The Kier molecular flexibility index (Phi) is 5.21. The van der Waals surface area contributed by atoms with Gasteiger partial charge in [-0.1, -0.05) is 13.0 Å². The fourth-order valence-corrected chi connectivity index (χ4v) is 5.66. The summed E-state index contributed by atoms with van der Waals surface area (Å²) >= 11 is 0. The van der Waals surface area contributed by atoms with Gasteiger partial charge in [-0.3, -0.25) is 4.99 Å². The molecule has 3 aliphatic heterocycles. The molecular weight excluding hydrogens is 401 g/mol. The standard InChI is InChI=1S/C26H34FN5/c1-2-12-28-15-20-10-11-23-31-24(16-6-8-18(27)9-7-16)25(32(20)23)22-14-17-13-21(17)26(30-22)29-19-4-3-5-19/h6-9,14,17,19-21,23,28,31H,2-5,10-13,15H2,1H3,(H,29,30). The van der Waals surface area contributed by atoms with E-state index in [1.807, 2.05) is 12.1 Å². The van der Waals surface area contributed by atoms with Crippen LogP contribution >= 0.6 is 0 Å². The molecule has 32 heavy (non-hydrogen) atoms. The van der Waals surface area contributed by atoms with Gasteiger partial charge < -0.3 is 20.9 Å². The van der Waals surface area contributed by atoms with Gasteiger partial charge in [-0.25, -0.2) is 4.39 Å². The van der Waals surface area contributed by atoms with E-state index in [0.717, 1.165) is 37.2 Å². The molecule has 0 aromatic heterocycles. The Hall–Kier alpha value is -2.34. The average Bonchev–Trinajstić information content (AvgIpc) is 3.31. The molecule has 4 atom stereocenters. The van der Waals surface area contributed by atoms with E-state index < -0.39 is 0 Å². The lowest BCUT2D eigenvalue weighted by atomic mass is 9.93. The minimum atomic E-state index is -0.193. The third-order valence-corrected chi connectivity index (χ3v) is 7.73. The Balaban J connectivity index is 1.36. The molecule has 4 unspecified atom stereocenters. The van der Waals surface area contributed by atoms with E-state index in [-0.39, 0.29) is 5.82 Å². The second-order valence-electron chi connectivity index (χ2n) is 10.0. The lowest BCUT2D eigenvalue weighted by Gasteiger charge is -2.32. The first-order valence-corrected chi connectivity index (χ1v) is 12.5. The second-order valence-corrected chi connectivity index (χ2v) is 10.0. The third kappa shape index (κ3) is 3.62. The van der Waals surface area contributed by atoms with Crippen LogP contribution in [-0.4, -0.2) is 42.1 Å². The zero-order valence-corrected chi connectivity index (χ0v) is 18.9. The Morgan fingerprint density at radius 2 is 2.00 bits per heavy atom. The highest BCUT2D eigenvalue weighted by Crippen LogP contribution is 2.47. The summed E-state index contributed by atoms with van der Waals surface area (Å²) in [6.45, 7) is 4.26. The Morgan fingerprint density at radius 1 is 1.16 bits per heavy atom. The van der Waals surface area contributed by atoms with Gasteiger partial charge in [-0.2, -0.15) is 0 Å². The molecule has 0 amide bonds. The monoisotopic (exact) mass is 435 g/mol. The van der Waals surface area contributed by atoms with E-state index in [1.54, 1.807) is 12.1 Å². The summed E-state index contributed by atoms with van der Waals surface area (Å²) in [5, 5.41) is 11.2. The Morgan fingerprint density at radius 3 is 2.75 bits per heavy atom. The van der Waals surface area contributed by atoms with Crippen molar-refractivity contribution in [3.63, 3.8) is 0 Å². The molecule has 1 saturated heterocycles. The van der Waals surface area contributed by atoms with E-state index >= 15 is 0 Å². The van der Waals surface area contributed by atoms with Gasteiger partial charge >= 0.3 is 0 Å². The van der Waals surface area contributed by atoms with Crippen LogP contribution in [0.15, 0.2) is 46.7 Å². The molecule has 6 rings (SSSR count). The molecular formula is C26H34FN5. The average molecular weight is 436 g/mol. The maximum atomic E-state index is 13.7. The molecule has 2 aliphatic carbocycles. The van der Waals surface area contributed by atoms with Crippen molar-refractivity contribution in [1.82, 2.24) is 20.9 Å². The largest absolute Gasteiger partial charge is 0.363 e. The second kappa shape index (κ2) is 8.22. The van der Waals surface area contributed by atoms with E-state index in [1.165, 1.54) is 49.3 Å². The highest BCUT2D eigenvalue weighted by Gasteiger charge is 2.48. The third-order valence-electron chi connectivity index (χ3n) is 7.73. The summed E-state index contributed by atoms with van der Waals surface area (Å²) in [6, 6.07) is 7.89. The predicted molar refractivity (Wildman–Crippen MR) is 126 cm³/mol. The van der Waals surface area contributed by atoms with E-state index in [0.29, 0.717) is 30.1 Å². The molecule has 0 spiro atoms. The number of halogens is 1. The van der Waals surface area contributed by atoms with Crippen LogP contribution in [0, 0.1) is 17.7 Å². The van der Waals surface area contributed by atoms with Gasteiger partial charge in [0, 0.05) is 24.1 Å². The summed E-state index contributed by atoms with van der Waals surface area (Å²) in [4.78, 5) is 7.69. The molecule has 170 valence electrons. The fourth-order valence-electron chi connectivity index (χ4n) is 5.66. The molecule has 0 radical (unpaired) electrons. The number of amidine groups is 1. The zero-order valence-electron chi connectivity index (χ0n) is 18.9. The highest BCUT2D eigenvalue weighted by molar-refractivity contribution is 5.92. The van der Waals surface area contributed by atoms with Crippen molar-refractivity contribution in [1.29, 1.82) is 0 Å². The van der Waals surface area contributed by atoms with Crippen molar-refractivity contribution in [3.8, 4) is 0 Å². The van der Waals surface area contributed by atoms with Crippen molar-refractivity contribution >= 4 is 11.5 Å². The normalized spacial score (nSPS) is 32.2. The van der Waals surface area contributed by atoms with Gasteiger partial charge in [0.15, 0.2) is 0 Å². The number of nitrogens with one attached hydrogen (secondary N) is 3. The number of allylic oxidation sites excluding steroid dienone is 1. The number of hydrogen-bond acceptors (Lipinski definition) is 4. The maximum absolute atomic E-state index is 13.7. The number of nitrogens with zero attached hydrogens (tertiary/aromatic N) is 2. The van der Waals surface area contributed by atoms with Crippen LogP contribution < -0.4 is 16.0 Å². The first-order chi connectivity index (χ1) is 15.7. The summed E-state index contributed by atoms with van der Waals surface area (Å²) in [6.07, 6.45) is 11.1. The van der Waals surface area contributed by atoms with Crippen LogP contribution in [0.4, 0.5) is 4.39 Å². The molecule has 0 bridgehead atoms. The number of aliphatic imine (C=N–C) groups is 1. The number of hydrogen-bond donors (Lipinski definition) is 3. The first kappa shape index (κ1) is 20.3. The van der Waals surface area contributed by atoms with Crippen LogP contribution in [0.2, 0.25) is 0 Å². The van der Waals surface area contributed by atoms with E-state index in [9.17, 15) is 4.39 Å². The van der Waals surface area contributed by atoms with E-state index in [2.05, 4.69) is 33.9 Å². The first-order valence-electron chi connectivity index (χ1n) is 12.5. The summed E-state index contributed by atoms with van der Waals surface area (Å²) in [7, 11) is 0. The Bertz CT molecular complexity index is 961. The van der Waals surface area contributed by atoms with Gasteiger partial charge in [-0.15, -0.1) is 0 Å². The van der Waals surface area contributed by atoms with Gasteiger partial charge in [-0.05, 0) is 81.7 Å². The molecule has 3 heterocycles. The molecule has 3 fully saturated rings. The van der Waals surface area contributed by atoms with Gasteiger partial charge in [0.1, 0.15) is 11.7 Å².